The minimum atomic E-state index is -3.77. The van der Waals surface area contributed by atoms with Crippen LogP contribution in [0.3, 0.4) is 0 Å². The van der Waals surface area contributed by atoms with E-state index in [2.05, 4.69) is 10.6 Å². The number of sulfonamides is 1. The van der Waals surface area contributed by atoms with Crippen molar-refractivity contribution in [2.45, 2.75) is 43.2 Å². The molecule has 1 fully saturated rings. The van der Waals surface area contributed by atoms with Gasteiger partial charge in [-0.1, -0.05) is 6.07 Å². The SMILES string of the molecule is C[C@@H]1Cc2cc(S(N)(=O)=O)ccc2N1CC(=O)Nc1cccc(C(=O)NC2CC2)c1. The number of nitrogens with one attached hydrogen (secondary N) is 2. The molecule has 0 unspecified atom stereocenters. The molecule has 0 bridgehead atoms. The normalized spacial score (nSPS) is 18.1. The summed E-state index contributed by atoms with van der Waals surface area (Å²) in [6.45, 7) is 2.09. The molecule has 158 valence electrons. The lowest BCUT2D eigenvalue weighted by Crippen LogP contribution is -2.37. The molecular formula is C21H24N4O4S. The second-order valence-electron chi connectivity index (χ2n) is 7.89. The summed E-state index contributed by atoms with van der Waals surface area (Å²) in [4.78, 5) is 26.9. The lowest BCUT2D eigenvalue weighted by atomic mass is 10.1. The maximum absolute atomic E-state index is 12.6. The summed E-state index contributed by atoms with van der Waals surface area (Å²) in [7, 11) is -3.77. The van der Waals surface area contributed by atoms with Gasteiger partial charge in [0, 0.05) is 29.0 Å². The van der Waals surface area contributed by atoms with Crippen LogP contribution in [0.15, 0.2) is 47.4 Å². The first-order valence-electron chi connectivity index (χ1n) is 9.84. The van der Waals surface area contributed by atoms with Crippen LogP contribution in [0.4, 0.5) is 11.4 Å². The van der Waals surface area contributed by atoms with E-state index in [1.807, 2.05) is 11.8 Å². The zero-order valence-electron chi connectivity index (χ0n) is 16.6. The van der Waals surface area contributed by atoms with Gasteiger partial charge in [0.25, 0.3) is 5.91 Å². The summed E-state index contributed by atoms with van der Waals surface area (Å²) in [6.07, 6.45) is 2.65. The van der Waals surface area contributed by atoms with Gasteiger partial charge < -0.3 is 15.5 Å². The zero-order valence-corrected chi connectivity index (χ0v) is 17.4. The average molecular weight is 429 g/mol. The third kappa shape index (κ3) is 4.47. The molecule has 2 amide bonds. The Morgan fingerprint density at radius 2 is 1.93 bits per heavy atom. The van der Waals surface area contributed by atoms with Gasteiger partial charge in [0.05, 0.1) is 11.4 Å². The molecule has 1 aliphatic heterocycles. The van der Waals surface area contributed by atoms with E-state index in [1.165, 1.54) is 6.07 Å². The number of fused-ring (bicyclic) bond motifs is 1. The van der Waals surface area contributed by atoms with E-state index in [9.17, 15) is 18.0 Å². The molecule has 0 aromatic heterocycles. The number of carbonyl (C=O) groups excluding carboxylic acids is 2. The Kier molecular flexibility index (Phi) is 5.25. The molecule has 9 heteroatoms. The first-order valence-corrected chi connectivity index (χ1v) is 11.4. The summed E-state index contributed by atoms with van der Waals surface area (Å²) in [5.41, 5.74) is 2.73. The Morgan fingerprint density at radius 1 is 1.17 bits per heavy atom. The van der Waals surface area contributed by atoms with Crippen LogP contribution in [0.2, 0.25) is 0 Å². The van der Waals surface area contributed by atoms with Gasteiger partial charge in [0.2, 0.25) is 15.9 Å². The third-order valence-corrected chi connectivity index (χ3v) is 6.28. The summed E-state index contributed by atoms with van der Waals surface area (Å²) in [5, 5.41) is 11.0. The van der Waals surface area contributed by atoms with Gasteiger partial charge in [0.15, 0.2) is 0 Å². The van der Waals surface area contributed by atoms with Crippen molar-refractivity contribution in [3.05, 3.63) is 53.6 Å². The standard InChI is InChI=1S/C21H24N4O4S/c1-13-9-15-11-18(30(22,28)29)7-8-19(15)25(13)12-20(26)23-17-4-2-3-14(10-17)21(27)24-16-5-6-16/h2-4,7-8,10-11,13,16H,5-6,9,12H2,1H3,(H,23,26)(H,24,27)(H2,22,28,29)/t13-/m1/s1. The highest BCUT2D eigenvalue weighted by Crippen LogP contribution is 2.33. The van der Waals surface area contributed by atoms with Gasteiger partial charge in [-0.15, -0.1) is 0 Å². The molecule has 1 aliphatic carbocycles. The topological polar surface area (TPSA) is 122 Å². The third-order valence-electron chi connectivity index (χ3n) is 5.37. The molecular weight excluding hydrogens is 404 g/mol. The molecule has 0 radical (unpaired) electrons. The summed E-state index contributed by atoms with van der Waals surface area (Å²) in [6, 6.07) is 11.9. The predicted molar refractivity (Wildman–Crippen MR) is 114 cm³/mol. The molecule has 1 saturated carbocycles. The first-order chi connectivity index (χ1) is 14.2. The van der Waals surface area contributed by atoms with Gasteiger partial charge in [-0.25, -0.2) is 13.6 Å². The van der Waals surface area contributed by atoms with E-state index in [4.69, 9.17) is 5.14 Å². The van der Waals surface area contributed by atoms with Gasteiger partial charge in [-0.05, 0) is 68.1 Å². The van der Waals surface area contributed by atoms with Crippen molar-refractivity contribution in [1.82, 2.24) is 5.32 Å². The second kappa shape index (κ2) is 7.73. The number of benzene rings is 2. The van der Waals surface area contributed by atoms with E-state index < -0.39 is 10.0 Å². The Hall–Kier alpha value is -2.91. The van der Waals surface area contributed by atoms with E-state index in [0.717, 1.165) is 24.1 Å². The van der Waals surface area contributed by atoms with Crippen molar-refractivity contribution in [2.24, 2.45) is 5.14 Å². The van der Waals surface area contributed by atoms with E-state index in [1.54, 1.807) is 36.4 Å². The first kappa shape index (κ1) is 20.4. The van der Waals surface area contributed by atoms with Crippen LogP contribution < -0.4 is 20.7 Å². The predicted octanol–water partition coefficient (Wildman–Crippen LogP) is 1.62. The highest BCUT2D eigenvalue weighted by molar-refractivity contribution is 7.89. The van der Waals surface area contributed by atoms with Gasteiger partial charge in [-0.2, -0.15) is 0 Å². The Bertz CT molecular complexity index is 1110. The van der Waals surface area contributed by atoms with Crippen molar-refractivity contribution in [3.63, 3.8) is 0 Å². The average Bonchev–Trinajstić information content (AvgIpc) is 3.44. The Balaban J connectivity index is 1.44. The number of hydrogen-bond donors (Lipinski definition) is 3. The number of nitrogens with zero attached hydrogens (tertiary/aromatic N) is 1. The monoisotopic (exact) mass is 428 g/mol. The number of carbonyl (C=O) groups is 2. The van der Waals surface area contributed by atoms with Crippen molar-refractivity contribution < 1.29 is 18.0 Å². The Morgan fingerprint density at radius 3 is 2.63 bits per heavy atom. The fraction of sp³-hybridized carbons (Fsp3) is 0.333. The molecule has 4 N–H and O–H groups in total. The van der Waals surface area contributed by atoms with E-state index in [-0.39, 0.29) is 35.3 Å². The van der Waals surface area contributed by atoms with Crippen LogP contribution >= 0.6 is 0 Å². The zero-order chi connectivity index (χ0) is 21.5. The number of amides is 2. The summed E-state index contributed by atoms with van der Waals surface area (Å²) >= 11 is 0. The second-order valence-corrected chi connectivity index (χ2v) is 9.45. The molecule has 0 saturated heterocycles. The molecule has 0 spiro atoms. The fourth-order valence-corrected chi connectivity index (χ4v) is 4.24. The number of hydrogen-bond acceptors (Lipinski definition) is 5. The molecule has 30 heavy (non-hydrogen) atoms. The largest absolute Gasteiger partial charge is 0.359 e. The number of primary sulfonamides is 1. The van der Waals surface area contributed by atoms with E-state index in [0.29, 0.717) is 17.7 Å². The van der Waals surface area contributed by atoms with E-state index >= 15 is 0 Å². The molecule has 8 nitrogen and oxygen atoms in total. The quantitative estimate of drug-likeness (QED) is 0.645. The smallest absolute Gasteiger partial charge is 0.251 e. The van der Waals surface area contributed by atoms with Gasteiger partial charge in [0.1, 0.15) is 0 Å². The molecule has 2 aromatic carbocycles. The Labute approximate surface area is 175 Å². The van der Waals surface area contributed by atoms with Crippen LogP contribution in [0.5, 0.6) is 0 Å². The van der Waals surface area contributed by atoms with Crippen LogP contribution in [0.25, 0.3) is 0 Å². The van der Waals surface area contributed by atoms with Gasteiger partial charge >= 0.3 is 0 Å². The van der Waals surface area contributed by atoms with Gasteiger partial charge in [-0.3, -0.25) is 9.59 Å². The highest BCUT2D eigenvalue weighted by atomic mass is 32.2. The van der Waals surface area contributed by atoms with Crippen molar-refractivity contribution >= 4 is 33.2 Å². The number of rotatable bonds is 6. The van der Waals surface area contributed by atoms with Crippen molar-refractivity contribution in [1.29, 1.82) is 0 Å². The molecule has 1 atom stereocenters. The lowest BCUT2D eigenvalue weighted by molar-refractivity contribution is -0.115. The van der Waals surface area contributed by atoms with Crippen LogP contribution in [0.1, 0.15) is 35.7 Å². The lowest BCUT2D eigenvalue weighted by Gasteiger charge is -2.24. The molecule has 4 rings (SSSR count). The molecule has 2 aromatic rings. The minimum absolute atomic E-state index is 0.0390. The van der Waals surface area contributed by atoms with Crippen LogP contribution in [0, 0.1) is 0 Å². The fourth-order valence-electron chi connectivity index (χ4n) is 3.68. The maximum atomic E-state index is 12.6. The highest BCUT2D eigenvalue weighted by Gasteiger charge is 2.29. The van der Waals surface area contributed by atoms with Crippen molar-refractivity contribution in [3.8, 4) is 0 Å². The minimum Gasteiger partial charge on any atom is -0.359 e. The van der Waals surface area contributed by atoms with Crippen LogP contribution in [-0.2, 0) is 21.2 Å². The van der Waals surface area contributed by atoms with Crippen LogP contribution in [-0.4, -0.2) is 38.9 Å². The maximum Gasteiger partial charge on any atom is 0.251 e. The number of anilines is 2. The molecule has 2 aliphatic rings. The number of nitrogens with two attached hydrogens (primary N) is 1. The molecule has 1 heterocycles. The summed E-state index contributed by atoms with van der Waals surface area (Å²) in [5.74, 6) is -0.355. The van der Waals surface area contributed by atoms with Crippen molar-refractivity contribution in [2.75, 3.05) is 16.8 Å². The summed E-state index contributed by atoms with van der Waals surface area (Å²) < 4.78 is 23.2.